The summed E-state index contributed by atoms with van der Waals surface area (Å²) >= 11 is 0. The first-order valence-electron chi connectivity index (χ1n) is 10.9. The van der Waals surface area contributed by atoms with E-state index in [0.29, 0.717) is 10.5 Å². The van der Waals surface area contributed by atoms with Gasteiger partial charge in [0.05, 0.1) is 0 Å². The molecule has 15 nitrogen and oxygen atoms in total. The van der Waals surface area contributed by atoms with Gasteiger partial charge in [0.2, 0.25) is 0 Å². The van der Waals surface area contributed by atoms with E-state index in [-0.39, 0.29) is 6.61 Å². The lowest BCUT2D eigenvalue weighted by Gasteiger charge is -2.44. The smallest absolute Gasteiger partial charge is 0.459 e. The third kappa shape index (κ3) is 9.68. The second-order valence-electron chi connectivity index (χ2n) is 8.82. The highest BCUT2D eigenvalue weighted by molar-refractivity contribution is 8.12. The number of amides is 4. The van der Waals surface area contributed by atoms with Crippen LogP contribution in [0.4, 0.5) is 14.4 Å². The van der Waals surface area contributed by atoms with Crippen LogP contribution in [0.3, 0.4) is 0 Å². The maximum Gasteiger partial charge on any atom is 0.508 e. The number of likely N-dealkylation sites (tertiary alicyclic amines) is 1. The van der Waals surface area contributed by atoms with E-state index in [1.807, 2.05) is 0 Å². The molecular weight excluding hydrogens is 552 g/mol. The number of hydrogen-bond donors (Lipinski definition) is 3. The first-order chi connectivity index (χ1) is 17.6. The fourth-order valence-corrected chi connectivity index (χ4v) is 3.47. The standard InChI is InChI=1S/C21H27ClN4O11S/c1-21(2,3)37-17(28)13(23)10-35-20(31)36-11-14-15(16(27)26(14)18(29)25-38(22,32)33)24-19(30)34-9-12-7-5-4-6-8-12/h4-8,13-15H,9-11,23H2,1-3H3,(H,24,30)(H,25,29)/t13?,14-,15+/m1/s1. The minimum atomic E-state index is -4.57. The highest BCUT2D eigenvalue weighted by atomic mass is 35.7. The molecule has 1 fully saturated rings. The van der Waals surface area contributed by atoms with Gasteiger partial charge in [-0.15, -0.1) is 0 Å². The normalized spacial score (nSPS) is 17.9. The molecule has 210 valence electrons. The third-order valence-corrected chi connectivity index (χ3v) is 5.25. The Hall–Kier alpha value is -3.63. The van der Waals surface area contributed by atoms with Gasteiger partial charge in [0, 0.05) is 10.7 Å². The van der Waals surface area contributed by atoms with Crippen molar-refractivity contribution in [2.45, 2.75) is 51.1 Å². The SMILES string of the molecule is CC(C)(C)OC(=O)C(N)COC(=O)OC[C@@H]1[C@H](NC(=O)OCc2ccccc2)C(=O)N1C(=O)NS(=O)(=O)Cl. The summed E-state index contributed by atoms with van der Waals surface area (Å²) in [6.07, 6.45) is -2.37. The van der Waals surface area contributed by atoms with Crippen LogP contribution in [0.2, 0.25) is 0 Å². The van der Waals surface area contributed by atoms with E-state index in [9.17, 15) is 32.4 Å². The van der Waals surface area contributed by atoms with Gasteiger partial charge in [0.15, 0.2) is 0 Å². The van der Waals surface area contributed by atoms with Gasteiger partial charge in [-0.1, -0.05) is 30.3 Å². The quantitative estimate of drug-likeness (QED) is 0.158. The number of benzene rings is 1. The van der Waals surface area contributed by atoms with E-state index >= 15 is 0 Å². The number of halogens is 1. The zero-order chi connectivity index (χ0) is 28.7. The van der Waals surface area contributed by atoms with E-state index in [1.165, 1.54) is 4.72 Å². The van der Waals surface area contributed by atoms with Crippen molar-refractivity contribution in [2.75, 3.05) is 13.2 Å². The van der Waals surface area contributed by atoms with Gasteiger partial charge < -0.3 is 30.0 Å². The first kappa shape index (κ1) is 30.6. The number of nitrogens with one attached hydrogen (secondary N) is 2. The number of β-lactam (4-membered cyclic amide) rings is 1. The molecule has 1 saturated heterocycles. The average Bonchev–Trinajstić information content (AvgIpc) is 2.80. The Bertz CT molecular complexity index is 1160. The van der Waals surface area contributed by atoms with E-state index in [4.69, 9.17) is 35.4 Å². The molecule has 0 bridgehead atoms. The van der Waals surface area contributed by atoms with Crippen molar-refractivity contribution in [3.05, 3.63) is 35.9 Å². The summed E-state index contributed by atoms with van der Waals surface area (Å²) < 4.78 is 43.4. The van der Waals surface area contributed by atoms with Gasteiger partial charge in [-0.25, -0.2) is 19.1 Å². The molecule has 0 aromatic heterocycles. The maximum atomic E-state index is 12.5. The Kier molecular flexibility index (Phi) is 10.3. The van der Waals surface area contributed by atoms with Crippen molar-refractivity contribution < 1.29 is 51.3 Å². The molecule has 0 saturated carbocycles. The summed E-state index contributed by atoms with van der Waals surface area (Å²) in [4.78, 5) is 61.1. The number of carbonyl (C=O) groups is 5. The molecule has 0 spiro atoms. The minimum absolute atomic E-state index is 0.131. The van der Waals surface area contributed by atoms with Crippen molar-refractivity contribution in [3.63, 3.8) is 0 Å². The molecule has 0 radical (unpaired) electrons. The molecule has 17 heteroatoms. The molecular formula is C21H27ClN4O11S. The van der Waals surface area contributed by atoms with Crippen LogP contribution in [0, 0.1) is 0 Å². The Morgan fingerprint density at radius 3 is 2.32 bits per heavy atom. The molecule has 1 aliphatic rings. The van der Waals surface area contributed by atoms with Gasteiger partial charge in [0.25, 0.3) is 5.91 Å². The number of imide groups is 1. The predicted octanol–water partition coefficient (Wildman–Crippen LogP) is 0.508. The topological polar surface area (TPSA) is 210 Å². The molecule has 0 aliphatic carbocycles. The van der Waals surface area contributed by atoms with Crippen molar-refractivity contribution >= 4 is 50.1 Å². The van der Waals surface area contributed by atoms with Gasteiger partial charge in [-0.3, -0.25) is 14.5 Å². The fraction of sp³-hybridized carbons (Fsp3) is 0.476. The fourth-order valence-electron chi connectivity index (χ4n) is 2.97. The Morgan fingerprint density at radius 1 is 1.11 bits per heavy atom. The number of urea groups is 1. The van der Waals surface area contributed by atoms with Crippen LogP contribution in [-0.4, -0.2) is 80.4 Å². The lowest BCUT2D eigenvalue weighted by atomic mass is 9.96. The number of carbonyl (C=O) groups excluding carboxylic acids is 5. The van der Waals surface area contributed by atoms with Crippen LogP contribution in [0.1, 0.15) is 26.3 Å². The first-order valence-corrected chi connectivity index (χ1v) is 13.2. The van der Waals surface area contributed by atoms with Crippen LogP contribution in [-0.2, 0) is 44.4 Å². The maximum absolute atomic E-state index is 12.5. The van der Waals surface area contributed by atoms with Gasteiger partial charge in [-0.2, -0.15) is 8.42 Å². The van der Waals surface area contributed by atoms with Crippen LogP contribution < -0.4 is 15.8 Å². The van der Waals surface area contributed by atoms with E-state index in [0.717, 1.165) is 0 Å². The number of nitrogens with two attached hydrogens (primary N) is 1. The molecule has 2 rings (SSSR count). The summed E-state index contributed by atoms with van der Waals surface area (Å²) in [5.41, 5.74) is 5.44. The van der Waals surface area contributed by atoms with Crippen LogP contribution in [0.15, 0.2) is 30.3 Å². The molecule has 4 amide bonds. The lowest BCUT2D eigenvalue weighted by Crippen LogP contribution is -2.74. The van der Waals surface area contributed by atoms with E-state index in [1.54, 1.807) is 51.1 Å². The molecule has 1 aromatic carbocycles. The zero-order valence-electron chi connectivity index (χ0n) is 20.5. The van der Waals surface area contributed by atoms with Crippen molar-refractivity contribution in [3.8, 4) is 0 Å². The second kappa shape index (κ2) is 12.7. The molecule has 1 unspecified atom stereocenters. The van der Waals surface area contributed by atoms with E-state index in [2.05, 4.69) is 5.32 Å². The molecule has 1 heterocycles. The summed E-state index contributed by atoms with van der Waals surface area (Å²) in [5, 5.41) is 2.22. The number of ether oxygens (including phenoxy) is 4. The monoisotopic (exact) mass is 578 g/mol. The van der Waals surface area contributed by atoms with Gasteiger partial charge in [-0.05, 0) is 26.3 Å². The molecule has 38 heavy (non-hydrogen) atoms. The highest BCUT2D eigenvalue weighted by Gasteiger charge is 2.53. The Balaban J connectivity index is 1.97. The van der Waals surface area contributed by atoms with Crippen molar-refractivity contribution in [2.24, 2.45) is 5.73 Å². The van der Waals surface area contributed by atoms with Crippen LogP contribution in [0.25, 0.3) is 0 Å². The van der Waals surface area contributed by atoms with Crippen molar-refractivity contribution in [1.29, 1.82) is 0 Å². The summed E-state index contributed by atoms with van der Waals surface area (Å²) in [6, 6.07) is 3.02. The number of esters is 1. The highest BCUT2D eigenvalue weighted by Crippen LogP contribution is 2.22. The van der Waals surface area contributed by atoms with Crippen molar-refractivity contribution in [1.82, 2.24) is 14.9 Å². The van der Waals surface area contributed by atoms with Crippen LogP contribution >= 0.6 is 10.7 Å². The Labute approximate surface area is 222 Å². The van der Waals surface area contributed by atoms with E-state index < -0.39 is 76.3 Å². The summed E-state index contributed by atoms with van der Waals surface area (Å²) in [5.74, 6) is -1.87. The molecule has 1 aliphatic heterocycles. The van der Waals surface area contributed by atoms with Crippen LogP contribution in [0.5, 0.6) is 0 Å². The number of hydrogen-bond acceptors (Lipinski definition) is 12. The number of alkyl carbamates (subject to hydrolysis) is 1. The number of rotatable bonds is 9. The molecule has 4 N–H and O–H groups in total. The number of nitrogens with zero attached hydrogens (tertiary/aromatic N) is 1. The van der Waals surface area contributed by atoms with Gasteiger partial charge in [0.1, 0.15) is 43.5 Å². The lowest BCUT2D eigenvalue weighted by molar-refractivity contribution is -0.157. The average molecular weight is 579 g/mol. The third-order valence-electron chi connectivity index (χ3n) is 4.60. The zero-order valence-corrected chi connectivity index (χ0v) is 22.1. The summed E-state index contributed by atoms with van der Waals surface area (Å²) in [6.45, 7) is 3.38. The largest absolute Gasteiger partial charge is 0.508 e. The second-order valence-corrected chi connectivity index (χ2v) is 11.1. The Morgan fingerprint density at radius 2 is 1.74 bits per heavy atom. The van der Waals surface area contributed by atoms with Gasteiger partial charge >= 0.3 is 33.5 Å². The molecule has 3 atom stereocenters. The minimum Gasteiger partial charge on any atom is -0.459 e. The predicted molar refractivity (Wildman–Crippen MR) is 129 cm³/mol. The molecule has 1 aromatic rings. The summed E-state index contributed by atoms with van der Waals surface area (Å²) in [7, 11) is 0.425.